The number of hydrogen-bond acceptors (Lipinski definition) is 3. The number of hydrogen-bond donors (Lipinski definition) is 1. The molecule has 0 radical (unpaired) electrons. The monoisotopic (exact) mass is 243 g/mol. The van der Waals surface area contributed by atoms with Crippen molar-refractivity contribution >= 4 is 11.6 Å². The molecule has 90 valence electrons. The van der Waals surface area contributed by atoms with Crippen molar-refractivity contribution in [1.82, 2.24) is 0 Å². The van der Waals surface area contributed by atoms with E-state index in [9.17, 15) is 0 Å². The molecule has 0 amide bonds. The van der Waals surface area contributed by atoms with Crippen molar-refractivity contribution in [3.8, 4) is 5.75 Å². The smallest absolute Gasteiger partial charge is 0.138 e. The Morgan fingerprint density at radius 1 is 1.38 bits per heavy atom. The Morgan fingerprint density at radius 2 is 2.06 bits per heavy atom. The molecule has 0 unspecified atom stereocenters. The number of ether oxygens (including phenoxy) is 1. The molecule has 0 heterocycles. The summed E-state index contributed by atoms with van der Waals surface area (Å²) in [7, 11) is 1.62. The molecule has 0 aliphatic carbocycles. The van der Waals surface area contributed by atoms with Crippen LogP contribution in [0.1, 0.15) is 30.9 Å². The minimum atomic E-state index is 0.434. The molecule has 4 heteroatoms. The highest BCUT2D eigenvalue weighted by molar-refractivity contribution is 6.32. The third-order valence-electron chi connectivity index (χ3n) is 2.51. The van der Waals surface area contributed by atoms with Crippen molar-refractivity contribution < 1.29 is 9.57 Å². The molecule has 0 saturated heterocycles. The van der Waals surface area contributed by atoms with Gasteiger partial charge in [0.1, 0.15) is 5.75 Å². The van der Waals surface area contributed by atoms with Crippen LogP contribution in [0.3, 0.4) is 0 Å². The first-order valence-electron chi connectivity index (χ1n) is 5.28. The van der Waals surface area contributed by atoms with Crippen molar-refractivity contribution in [3.63, 3.8) is 0 Å². The quantitative estimate of drug-likeness (QED) is 0.809. The molecule has 0 atom stereocenters. The maximum Gasteiger partial charge on any atom is 0.138 e. The summed E-state index contributed by atoms with van der Waals surface area (Å²) in [5.41, 5.74) is 2.21. The van der Waals surface area contributed by atoms with E-state index in [4.69, 9.17) is 22.2 Å². The van der Waals surface area contributed by atoms with Gasteiger partial charge >= 0.3 is 0 Å². The molecule has 3 nitrogen and oxygen atoms in total. The zero-order chi connectivity index (χ0) is 12.1. The Kier molecular flexibility index (Phi) is 5.06. The first-order valence-corrected chi connectivity index (χ1v) is 5.66. The number of methoxy groups -OCH3 is 1. The topological polar surface area (TPSA) is 44.5 Å². The lowest BCUT2D eigenvalue weighted by Gasteiger charge is -2.13. The lowest BCUT2D eigenvalue weighted by Crippen LogP contribution is -2.05. The molecule has 0 fully saturated rings. The highest BCUT2D eigenvalue weighted by Gasteiger charge is 2.11. The summed E-state index contributed by atoms with van der Waals surface area (Å²) in [5, 5.41) is 0.643. The third-order valence-corrected chi connectivity index (χ3v) is 2.94. The molecule has 1 aromatic carbocycles. The summed E-state index contributed by atoms with van der Waals surface area (Å²) in [5.74, 6) is 6.16. The van der Waals surface area contributed by atoms with E-state index in [0.29, 0.717) is 29.7 Å². The van der Waals surface area contributed by atoms with Crippen molar-refractivity contribution in [1.29, 1.82) is 0 Å². The van der Waals surface area contributed by atoms with Gasteiger partial charge in [0.2, 0.25) is 0 Å². The van der Waals surface area contributed by atoms with Crippen molar-refractivity contribution in [3.05, 3.63) is 28.3 Å². The van der Waals surface area contributed by atoms with Crippen LogP contribution in [0.4, 0.5) is 0 Å². The summed E-state index contributed by atoms with van der Waals surface area (Å²) >= 11 is 6.20. The maximum absolute atomic E-state index is 6.20. The lowest BCUT2D eigenvalue weighted by atomic mass is 9.99. The third kappa shape index (κ3) is 3.11. The molecular weight excluding hydrogens is 226 g/mol. The molecule has 0 saturated carbocycles. The second-order valence-corrected chi connectivity index (χ2v) is 4.35. The number of halogens is 1. The second-order valence-electron chi connectivity index (χ2n) is 3.97. The summed E-state index contributed by atoms with van der Waals surface area (Å²) < 4.78 is 5.25. The van der Waals surface area contributed by atoms with E-state index in [-0.39, 0.29) is 0 Å². The minimum absolute atomic E-state index is 0.434. The lowest BCUT2D eigenvalue weighted by molar-refractivity contribution is 0.141. The molecule has 0 spiro atoms. The first-order chi connectivity index (χ1) is 7.60. The van der Waals surface area contributed by atoms with Gasteiger partial charge in [-0.05, 0) is 29.5 Å². The molecule has 1 aromatic rings. The Bertz CT molecular complexity index is 353. The van der Waals surface area contributed by atoms with E-state index in [2.05, 4.69) is 24.8 Å². The van der Waals surface area contributed by atoms with Crippen LogP contribution >= 0.6 is 11.6 Å². The second kappa shape index (κ2) is 6.09. The van der Waals surface area contributed by atoms with Gasteiger partial charge in [-0.3, -0.25) is 0 Å². The van der Waals surface area contributed by atoms with Gasteiger partial charge in [-0.25, -0.2) is 5.90 Å². The van der Waals surface area contributed by atoms with E-state index < -0.39 is 0 Å². The molecule has 2 N–H and O–H groups in total. The molecule has 0 aromatic heterocycles. The van der Waals surface area contributed by atoms with E-state index in [1.807, 2.05) is 6.07 Å². The van der Waals surface area contributed by atoms with Crippen LogP contribution in [0.15, 0.2) is 12.1 Å². The highest BCUT2D eigenvalue weighted by Crippen LogP contribution is 2.32. The standard InChI is InChI=1S/C12H18ClNO2/c1-8(2)10-6-9(4-5-16-14)12(13)11(7-10)15-3/h6-8H,4-5,14H2,1-3H3. The number of nitrogens with two attached hydrogens (primary N) is 1. The normalized spacial score (nSPS) is 10.9. The Balaban J connectivity index is 3.08. The van der Waals surface area contributed by atoms with Gasteiger partial charge in [0.15, 0.2) is 0 Å². The van der Waals surface area contributed by atoms with Crippen molar-refractivity contribution in [2.75, 3.05) is 13.7 Å². The van der Waals surface area contributed by atoms with Gasteiger partial charge in [-0.1, -0.05) is 31.5 Å². The van der Waals surface area contributed by atoms with Crippen LogP contribution in [0.25, 0.3) is 0 Å². The van der Waals surface area contributed by atoms with Crippen LogP contribution in [0.2, 0.25) is 5.02 Å². The van der Waals surface area contributed by atoms with Crippen molar-refractivity contribution in [2.24, 2.45) is 5.90 Å². The van der Waals surface area contributed by atoms with Gasteiger partial charge < -0.3 is 9.57 Å². The SMILES string of the molecule is COc1cc(C(C)C)cc(CCON)c1Cl. The fourth-order valence-corrected chi connectivity index (χ4v) is 1.79. The Hall–Kier alpha value is -0.770. The average Bonchev–Trinajstić information content (AvgIpc) is 2.27. The molecule has 1 rings (SSSR count). The largest absolute Gasteiger partial charge is 0.495 e. The van der Waals surface area contributed by atoms with Crippen LogP contribution < -0.4 is 10.6 Å². The molecule has 0 aliphatic rings. The molecule has 16 heavy (non-hydrogen) atoms. The predicted octanol–water partition coefficient (Wildman–Crippen LogP) is 2.90. The summed E-state index contributed by atoms with van der Waals surface area (Å²) in [4.78, 5) is 4.58. The summed E-state index contributed by atoms with van der Waals surface area (Å²) in [6, 6.07) is 4.05. The van der Waals surface area contributed by atoms with Gasteiger partial charge in [0.05, 0.1) is 18.7 Å². The van der Waals surface area contributed by atoms with Gasteiger partial charge in [-0.2, -0.15) is 0 Å². The van der Waals surface area contributed by atoms with Crippen LogP contribution in [0, 0.1) is 0 Å². The van der Waals surface area contributed by atoms with E-state index in [1.54, 1.807) is 7.11 Å². The first kappa shape index (κ1) is 13.3. The number of rotatable bonds is 5. The zero-order valence-corrected chi connectivity index (χ0v) is 10.7. The van der Waals surface area contributed by atoms with E-state index in [1.165, 1.54) is 5.56 Å². The summed E-state index contributed by atoms with van der Waals surface area (Å²) in [6.45, 7) is 4.71. The molecule has 0 bridgehead atoms. The van der Waals surface area contributed by atoms with Crippen molar-refractivity contribution in [2.45, 2.75) is 26.2 Å². The minimum Gasteiger partial charge on any atom is -0.495 e. The van der Waals surface area contributed by atoms with Gasteiger partial charge in [-0.15, -0.1) is 0 Å². The van der Waals surface area contributed by atoms with Crippen LogP contribution in [-0.2, 0) is 11.3 Å². The number of benzene rings is 1. The maximum atomic E-state index is 6.20. The molecular formula is C12H18ClNO2. The average molecular weight is 244 g/mol. The van der Waals surface area contributed by atoms with Crippen LogP contribution in [-0.4, -0.2) is 13.7 Å². The van der Waals surface area contributed by atoms with Crippen LogP contribution in [0.5, 0.6) is 5.75 Å². The predicted molar refractivity (Wildman–Crippen MR) is 65.9 cm³/mol. The summed E-state index contributed by atoms with van der Waals surface area (Å²) in [6.07, 6.45) is 0.687. The highest BCUT2D eigenvalue weighted by atomic mass is 35.5. The van der Waals surface area contributed by atoms with Gasteiger partial charge in [0.25, 0.3) is 0 Å². The molecule has 0 aliphatic heterocycles. The van der Waals surface area contributed by atoms with Gasteiger partial charge in [0, 0.05) is 0 Å². The fraction of sp³-hybridized carbons (Fsp3) is 0.500. The fourth-order valence-electron chi connectivity index (χ4n) is 1.51. The zero-order valence-electron chi connectivity index (χ0n) is 9.92. The Labute approximate surface area is 101 Å². The van der Waals surface area contributed by atoms with E-state index in [0.717, 1.165) is 5.56 Å². The Morgan fingerprint density at radius 3 is 2.56 bits per heavy atom. The van der Waals surface area contributed by atoms with E-state index >= 15 is 0 Å².